The van der Waals surface area contributed by atoms with E-state index in [0.29, 0.717) is 12.8 Å². The minimum atomic E-state index is -0.592. The number of carbonyl (C=O) groups is 1. The molecule has 98 valence electrons. The molecule has 2 atom stereocenters. The summed E-state index contributed by atoms with van der Waals surface area (Å²) in [6.07, 6.45) is 0.287. The van der Waals surface area contributed by atoms with Gasteiger partial charge in [-0.05, 0) is 12.8 Å². The molecule has 1 amide bonds. The van der Waals surface area contributed by atoms with Gasteiger partial charge in [0.05, 0.1) is 12.6 Å². The van der Waals surface area contributed by atoms with Crippen molar-refractivity contribution in [3.63, 3.8) is 0 Å². The molecule has 1 aromatic rings. The van der Waals surface area contributed by atoms with E-state index in [1.54, 1.807) is 0 Å². The van der Waals surface area contributed by atoms with Gasteiger partial charge in [-0.15, -0.1) is 0 Å². The fourth-order valence-corrected chi connectivity index (χ4v) is 1.93. The molecule has 2 rings (SSSR count). The molecule has 0 radical (unpaired) electrons. The van der Waals surface area contributed by atoms with Crippen LogP contribution in [0, 0.1) is 0 Å². The molecule has 0 aliphatic carbocycles. The van der Waals surface area contributed by atoms with E-state index < -0.39 is 6.10 Å². The highest BCUT2D eigenvalue weighted by atomic mass is 16.5. The second-order valence-corrected chi connectivity index (χ2v) is 4.09. The van der Waals surface area contributed by atoms with E-state index in [1.165, 1.54) is 16.8 Å². The summed E-state index contributed by atoms with van der Waals surface area (Å²) in [6, 6.07) is 2.36. The quantitative estimate of drug-likeness (QED) is 0.330. The second kappa shape index (κ2) is 5.15. The zero-order chi connectivity index (χ0) is 13.1. The molecule has 4 N–H and O–H groups in total. The fourth-order valence-electron chi connectivity index (χ4n) is 1.93. The summed E-state index contributed by atoms with van der Waals surface area (Å²) >= 11 is 0. The number of nitrogens with two attached hydrogens (primary N) is 1. The number of nitrogens with zero attached hydrogens (tertiary/aromatic N) is 1. The minimum absolute atomic E-state index is 0.212. The van der Waals surface area contributed by atoms with Gasteiger partial charge < -0.3 is 4.74 Å². The fraction of sp³-hybridized carbons (Fsp3) is 0.500. The molecule has 2 unspecified atom stereocenters. The first kappa shape index (κ1) is 12.5. The highest BCUT2D eigenvalue weighted by Crippen LogP contribution is 2.20. The molecule has 0 aromatic carbocycles. The second-order valence-electron chi connectivity index (χ2n) is 4.09. The first-order valence-electron chi connectivity index (χ1n) is 5.56. The molecule has 1 fully saturated rings. The Kier molecular flexibility index (Phi) is 3.58. The molecule has 0 bridgehead atoms. The number of aromatic amines is 1. The van der Waals surface area contributed by atoms with E-state index >= 15 is 0 Å². The number of rotatable bonds is 3. The SMILES string of the molecule is NNC(=O)C1CCC(Cn2[nH]c(=O)ccc2=O)O1. The number of carbonyl (C=O) groups excluding carboxylic acids is 1. The van der Waals surface area contributed by atoms with Gasteiger partial charge in [0, 0.05) is 12.1 Å². The van der Waals surface area contributed by atoms with Gasteiger partial charge in [-0.1, -0.05) is 0 Å². The number of hydrazine groups is 1. The van der Waals surface area contributed by atoms with Gasteiger partial charge in [-0.3, -0.25) is 24.9 Å². The van der Waals surface area contributed by atoms with Gasteiger partial charge in [-0.2, -0.15) is 0 Å². The van der Waals surface area contributed by atoms with Crippen molar-refractivity contribution in [2.45, 2.75) is 31.6 Å². The van der Waals surface area contributed by atoms with Crippen LogP contribution in [0.4, 0.5) is 0 Å². The zero-order valence-electron chi connectivity index (χ0n) is 9.59. The van der Waals surface area contributed by atoms with Crippen LogP contribution in [0.25, 0.3) is 0 Å². The lowest BCUT2D eigenvalue weighted by molar-refractivity contribution is -0.132. The maximum atomic E-state index is 11.5. The van der Waals surface area contributed by atoms with Crippen LogP contribution in [0.5, 0.6) is 0 Å². The van der Waals surface area contributed by atoms with Crippen LogP contribution >= 0.6 is 0 Å². The van der Waals surface area contributed by atoms with Crippen LogP contribution < -0.4 is 22.4 Å². The maximum Gasteiger partial charge on any atom is 0.265 e. The van der Waals surface area contributed by atoms with Crippen molar-refractivity contribution in [2.75, 3.05) is 0 Å². The van der Waals surface area contributed by atoms with Crippen LogP contribution in [-0.2, 0) is 16.1 Å². The van der Waals surface area contributed by atoms with E-state index in [4.69, 9.17) is 10.6 Å². The van der Waals surface area contributed by atoms with Gasteiger partial charge >= 0.3 is 0 Å². The van der Waals surface area contributed by atoms with E-state index in [-0.39, 0.29) is 29.7 Å². The zero-order valence-corrected chi connectivity index (χ0v) is 9.59. The van der Waals surface area contributed by atoms with Crippen molar-refractivity contribution in [1.29, 1.82) is 0 Å². The lowest BCUT2D eigenvalue weighted by Gasteiger charge is -2.13. The highest BCUT2D eigenvalue weighted by molar-refractivity contribution is 5.80. The summed E-state index contributed by atoms with van der Waals surface area (Å²) in [7, 11) is 0. The summed E-state index contributed by atoms with van der Waals surface area (Å²) in [5.74, 6) is 4.63. The summed E-state index contributed by atoms with van der Waals surface area (Å²) < 4.78 is 6.62. The Hall–Kier alpha value is -1.93. The molecule has 8 nitrogen and oxygen atoms in total. The average Bonchev–Trinajstić information content (AvgIpc) is 2.81. The number of nitrogens with one attached hydrogen (secondary N) is 2. The van der Waals surface area contributed by atoms with E-state index in [9.17, 15) is 14.4 Å². The van der Waals surface area contributed by atoms with Crippen molar-refractivity contribution in [1.82, 2.24) is 15.2 Å². The summed E-state index contributed by atoms with van der Waals surface area (Å²) in [5, 5.41) is 2.40. The molecule has 0 saturated carbocycles. The molecule has 0 spiro atoms. The normalized spacial score (nSPS) is 22.9. The van der Waals surface area contributed by atoms with Gasteiger partial charge in [0.15, 0.2) is 0 Å². The number of ether oxygens (including phenoxy) is 1. The first-order valence-corrected chi connectivity index (χ1v) is 5.56. The maximum absolute atomic E-state index is 11.5. The standard InChI is InChI=1S/C10H14N4O4/c11-12-10(17)7-2-1-6(18-7)5-14-9(16)4-3-8(15)13-14/h3-4,6-7H,1-2,5,11H2,(H,12,17)(H,13,15). The number of amides is 1. The number of H-pyrrole nitrogens is 1. The smallest absolute Gasteiger partial charge is 0.265 e. The molecule has 1 saturated heterocycles. The third kappa shape index (κ3) is 2.66. The average molecular weight is 254 g/mol. The third-order valence-corrected chi connectivity index (χ3v) is 2.82. The van der Waals surface area contributed by atoms with Gasteiger partial charge in [0.2, 0.25) is 0 Å². The molecular weight excluding hydrogens is 240 g/mol. The van der Waals surface area contributed by atoms with Crippen LogP contribution in [-0.4, -0.2) is 27.9 Å². The molecule has 2 heterocycles. The largest absolute Gasteiger partial charge is 0.363 e. The minimum Gasteiger partial charge on any atom is -0.363 e. The van der Waals surface area contributed by atoms with E-state index in [0.717, 1.165) is 0 Å². The Morgan fingerprint density at radius 2 is 2.28 bits per heavy atom. The van der Waals surface area contributed by atoms with E-state index in [1.807, 2.05) is 5.43 Å². The predicted molar refractivity (Wildman–Crippen MR) is 61.5 cm³/mol. The molecule has 1 aliphatic heterocycles. The van der Waals surface area contributed by atoms with Crippen molar-refractivity contribution < 1.29 is 9.53 Å². The molecule has 8 heteroatoms. The van der Waals surface area contributed by atoms with E-state index in [2.05, 4.69) is 5.10 Å². The Balaban J connectivity index is 2.03. The number of hydrogen-bond acceptors (Lipinski definition) is 5. The van der Waals surface area contributed by atoms with Gasteiger partial charge in [0.25, 0.3) is 17.0 Å². The highest BCUT2D eigenvalue weighted by Gasteiger charge is 2.30. The molecule has 18 heavy (non-hydrogen) atoms. The lowest BCUT2D eigenvalue weighted by atomic mass is 10.2. The lowest BCUT2D eigenvalue weighted by Crippen LogP contribution is -2.39. The van der Waals surface area contributed by atoms with Crippen LogP contribution in [0.3, 0.4) is 0 Å². The Labute approximate surface area is 102 Å². The third-order valence-electron chi connectivity index (χ3n) is 2.82. The van der Waals surface area contributed by atoms with Crippen LogP contribution in [0.2, 0.25) is 0 Å². The van der Waals surface area contributed by atoms with Gasteiger partial charge in [0.1, 0.15) is 6.10 Å². The van der Waals surface area contributed by atoms with Crippen LogP contribution in [0.15, 0.2) is 21.7 Å². The van der Waals surface area contributed by atoms with Crippen molar-refractivity contribution >= 4 is 5.91 Å². The Morgan fingerprint density at radius 1 is 1.50 bits per heavy atom. The van der Waals surface area contributed by atoms with Crippen molar-refractivity contribution in [3.8, 4) is 0 Å². The monoisotopic (exact) mass is 254 g/mol. The summed E-state index contributed by atoms with van der Waals surface area (Å²) in [5.41, 5.74) is 1.35. The predicted octanol–water partition coefficient (Wildman–Crippen LogP) is -1.93. The molecule has 1 aliphatic rings. The number of hydrogen-bond donors (Lipinski definition) is 3. The van der Waals surface area contributed by atoms with Crippen LogP contribution in [0.1, 0.15) is 12.8 Å². The Bertz CT molecular complexity index is 549. The molecule has 1 aromatic heterocycles. The van der Waals surface area contributed by atoms with Crippen molar-refractivity contribution in [2.24, 2.45) is 5.84 Å². The number of aromatic nitrogens is 2. The summed E-state index contributed by atoms with van der Waals surface area (Å²) in [6.45, 7) is 0.212. The van der Waals surface area contributed by atoms with Gasteiger partial charge in [-0.25, -0.2) is 10.5 Å². The molecular formula is C10H14N4O4. The topological polar surface area (TPSA) is 119 Å². The Morgan fingerprint density at radius 3 is 3.00 bits per heavy atom. The van der Waals surface area contributed by atoms with Crippen molar-refractivity contribution in [3.05, 3.63) is 32.8 Å². The summed E-state index contributed by atoms with van der Waals surface area (Å²) in [4.78, 5) is 33.8. The first-order chi connectivity index (χ1) is 8.60.